The van der Waals surface area contributed by atoms with E-state index >= 15 is 0 Å². The van der Waals surface area contributed by atoms with Crippen molar-refractivity contribution >= 4 is 0 Å². The average Bonchev–Trinajstić information content (AvgIpc) is 2.87. The van der Waals surface area contributed by atoms with E-state index in [0.717, 1.165) is 24.5 Å². The molecular formula is C15H30N2. The van der Waals surface area contributed by atoms with Crippen LogP contribution in [-0.4, -0.2) is 30.1 Å². The summed E-state index contributed by atoms with van der Waals surface area (Å²) in [7, 11) is 0. The predicted molar refractivity (Wildman–Crippen MR) is 74.0 cm³/mol. The van der Waals surface area contributed by atoms with Crippen molar-refractivity contribution < 1.29 is 0 Å². The Morgan fingerprint density at radius 2 is 2.00 bits per heavy atom. The van der Waals surface area contributed by atoms with Crippen molar-refractivity contribution in [2.45, 2.75) is 71.4 Å². The maximum absolute atomic E-state index is 5.94. The van der Waals surface area contributed by atoms with Crippen molar-refractivity contribution in [1.82, 2.24) is 4.90 Å². The van der Waals surface area contributed by atoms with Crippen molar-refractivity contribution in [1.29, 1.82) is 0 Å². The summed E-state index contributed by atoms with van der Waals surface area (Å²) in [6, 6.07) is 1.61. The molecule has 2 N–H and O–H groups in total. The molecule has 0 spiro atoms. The van der Waals surface area contributed by atoms with Crippen molar-refractivity contribution in [3.05, 3.63) is 0 Å². The highest BCUT2D eigenvalue weighted by Crippen LogP contribution is 2.42. The van der Waals surface area contributed by atoms with Gasteiger partial charge >= 0.3 is 0 Å². The summed E-state index contributed by atoms with van der Waals surface area (Å²) < 4.78 is 0. The molecule has 100 valence electrons. The molecule has 2 nitrogen and oxygen atoms in total. The van der Waals surface area contributed by atoms with Crippen LogP contribution in [0.25, 0.3) is 0 Å². The van der Waals surface area contributed by atoms with Crippen LogP contribution >= 0.6 is 0 Å². The summed E-state index contributed by atoms with van der Waals surface area (Å²) in [5, 5.41) is 0. The minimum Gasteiger partial charge on any atom is -0.330 e. The molecule has 0 saturated heterocycles. The van der Waals surface area contributed by atoms with Gasteiger partial charge in [-0.15, -0.1) is 0 Å². The van der Waals surface area contributed by atoms with E-state index in [1.807, 2.05) is 0 Å². The first-order valence-corrected chi connectivity index (χ1v) is 7.53. The highest BCUT2D eigenvalue weighted by Gasteiger charge is 2.39. The number of rotatable bonds is 4. The van der Waals surface area contributed by atoms with Crippen molar-refractivity contribution in [3.63, 3.8) is 0 Å². The Kier molecular flexibility index (Phi) is 4.14. The summed E-state index contributed by atoms with van der Waals surface area (Å²) >= 11 is 0. The van der Waals surface area contributed by atoms with Crippen LogP contribution in [0, 0.1) is 11.3 Å². The Bertz CT molecular complexity index is 249. The molecule has 0 aromatic heterocycles. The third-order valence-electron chi connectivity index (χ3n) is 5.12. The monoisotopic (exact) mass is 238 g/mol. The van der Waals surface area contributed by atoms with E-state index in [0.29, 0.717) is 5.41 Å². The molecule has 0 bridgehead atoms. The van der Waals surface area contributed by atoms with E-state index in [1.165, 1.54) is 45.1 Å². The summed E-state index contributed by atoms with van der Waals surface area (Å²) in [5.74, 6) is 0.763. The average molecular weight is 238 g/mol. The van der Waals surface area contributed by atoms with Crippen molar-refractivity contribution in [3.8, 4) is 0 Å². The molecule has 0 aromatic carbocycles. The van der Waals surface area contributed by atoms with E-state index in [1.54, 1.807) is 0 Å². The molecule has 2 aliphatic carbocycles. The summed E-state index contributed by atoms with van der Waals surface area (Å²) in [6.45, 7) is 9.28. The standard InChI is InChI=1S/C15H30N2/c1-4-17(13-8-9-15(2,3)10-13)14-7-5-6-12(14)11-16/h12-14H,4-11,16H2,1-3H3. The molecule has 2 heteroatoms. The van der Waals surface area contributed by atoms with E-state index < -0.39 is 0 Å². The van der Waals surface area contributed by atoms with Gasteiger partial charge in [-0.3, -0.25) is 4.90 Å². The molecule has 3 unspecified atom stereocenters. The number of hydrogen-bond acceptors (Lipinski definition) is 2. The van der Waals surface area contributed by atoms with Crippen LogP contribution < -0.4 is 5.73 Å². The Hall–Kier alpha value is -0.0800. The minimum absolute atomic E-state index is 0.564. The Morgan fingerprint density at radius 1 is 1.24 bits per heavy atom. The largest absolute Gasteiger partial charge is 0.330 e. The Balaban J connectivity index is 2.01. The van der Waals surface area contributed by atoms with Gasteiger partial charge in [0.25, 0.3) is 0 Å². The highest BCUT2D eigenvalue weighted by molar-refractivity contribution is 4.94. The summed E-state index contributed by atoms with van der Waals surface area (Å²) in [4.78, 5) is 2.79. The second-order valence-electron chi connectivity index (χ2n) is 6.89. The van der Waals surface area contributed by atoms with Gasteiger partial charge < -0.3 is 5.73 Å². The second kappa shape index (κ2) is 5.27. The van der Waals surface area contributed by atoms with Crippen LogP contribution in [0.15, 0.2) is 0 Å². The summed E-state index contributed by atoms with van der Waals surface area (Å²) in [5.41, 5.74) is 6.51. The van der Waals surface area contributed by atoms with Crippen molar-refractivity contribution in [2.75, 3.05) is 13.1 Å². The molecule has 0 amide bonds. The molecule has 0 aliphatic heterocycles. The zero-order valence-electron chi connectivity index (χ0n) is 11.9. The fourth-order valence-electron chi connectivity index (χ4n) is 4.17. The van der Waals surface area contributed by atoms with E-state index in [9.17, 15) is 0 Å². The summed E-state index contributed by atoms with van der Waals surface area (Å²) in [6.07, 6.45) is 8.30. The maximum Gasteiger partial charge on any atom is 0.0138 e. The zero-order valence-corrected chi connectivity index (χ0v) is 11.9. The molecule has 2 aliphatic rings. The first-order chi connectivity index (χ1) is 8.07. The second-order valence-corrected chi connectivity index (χ2v) is 6.89. The number of hydrogen-bond donors (Lipinski definition) is 1. The van der Waals surface area contributed by atoms with Gasteiger partial charge in [0.05, 0.1) is 0 Å². The molecular weight excluding hydrogens is 208 g/mol. The normalized spacial score (nSPS) is 36.9. The lowest BCUT2D eigenvalue weighted by atomic mass is 9.91. The fraction of sp³-hybridized carbons (Fsp3) is 1.00. The predicted octanol–water partition coefficient (Wildman–Crippen LogP) is 3.01. The molecule has 0 radical (unpaired) electrons. The fourth-order valence-corrected chi connectivity index (χ4v) is 4.17. The first kappa shape index (κ1) is 13.4. The van der Waals surface area contributed by atoms with E-state index in [2.05, 4.69) is 25.7 Å². The third kappa shape index (κ3) is 2.85. The van der Waals surface area contributed by atoms with Crippen LogP contribution in [-0.2, 0) is 0 Å². The van der Waals surface area contributed by atoms with Gasteiger partial charge in [0.2, 0.25) is 0 Å². The van der Waals surface area contributed by atoms with Crippen LogP contribution in [0.1, 0.15) is 59.3 Å². The lowest BCUT2D eigenvalue weighted by molar-refractivity contribution is 0.110. The molecule has 2 fully saturated rings. The lowest BCUT2D eigenvalue weighted by Gasteiger charge is -2.37. The van der Waals surface area contributed by atoms with Crippen LogP contribution in [0.4, 0.5) is 0 Å². The van der Waals surface area contributed by atoms with Gasteiger partial charge in [-0.05, 0) is 56.5 Å². The molecule has 17 heavy (non-hydrogen) atoms. The SMILES string of the molecule is CCN(C1CCC(C)(C)C1)C1CCCC1CN. The molecule has 0 heterocycles. The van der Waals surface area contributed by atoms with Gasteiger partial charge in [-0.25, -0.2) is 0 Å². The van der Waals surface area contributed by atoms with Gasteiger partial charge in [0, 0.05) is 12.1 Å². The number of nitrogens with two attached hydrogens (primary N) is 1. The van der Waals surface area contributed by atoms with Gasteiger partial charge in [0.1, 0.15) is 0 Å². The van der Waals surface area contributed by atoms with Crippen LogP contribution in [0.2, 0.25) is 0 Å². The van der Waals surface area contributed by atoms with Crippen LogP contribution in [0.5, 0.6) is 0 Å². The van der Waals surface area contributed by atoms with Crippen molar-refractivity contribution in [2.24, 2.45) is 17.1 Å². The first-order valence-electron chi connectivity index (χ1n) is 7.53. The number of nitrogens with zero attached hydrogens (tertiary/aromatic N) is 1. The smallest absolute Gasteiger partial charge is 0.0138 e. The Labute approximate surface area is 107 Å². The molecule has 0 aromatic rings. The van der Waals surface area contributed by atoms with Gasteiger partial charge in [-0.2, -0.15) is 0 Å². The quantitative estimate of drug-likeness (QED) is 0.816. The topological polar surface area (TPSA) is 29.3 Å². The minimum atomic E-state index is 0.564. The molecule has 3 atom stereocenters. The van der Waals surface area contributed by atoms with E-state index in [-0.39, 0.29) is 0 Å². The lowest BCUT2D eigenvalue weighted by Crippen LogP contribution is -2.45. The molecule has 2 saturated carbocycles. The maximum atomic E-state index is 5.94. The molecule has 2 rings (SSSR count). The Morgan fingerprint density at radius 3 is 2.53 bits per heavy atom. The van der Waals surface area contributed by atoms with E-state index in [4.69, 9.17) is 5.73 Å². The van der Waals surface area contributed by atoms with Crippen LogP contribution in [0.3, 0.4) is 0 Å². The third-order valence-corrected chi connectivity index (χ3v) is 5.12. The zero-order chi connectivity index (χ0) is 12.5. The van der Waals surface area contributed by atoms with Gasteiger partial charge in [-0.1, -0.05) is 27.2 Å². The highest BCUT2D eigenvalue weighted by atomic mass is 15.2. The van der Waals surface area contributed by atoms with Gasteiger partial charge in [0.15, 0.2) is 0 Å².